The number of aromatic nitrogens is 2. The maximum absolute atomic E-state index is 5.86. The van der Waals surface area contributed by atoms with Gasteiger partial charge in [-0.1, -0.05) is 29.0 Å². The molecule has 2 N–H and O–H groups in total. The molecule has 0 radical (unpaired) electrons. The van der Waals surface area contributed by atoms with E-state index in [2.05, 4.69) is 10.2 Å². The van der Waals surface area contributed by atoms with E-state index in [0.717, 1.165) is 15.7 Å². The molecule has 0 aliphatic rings. The number of hydrogen-bond acceptors (Lipinski definition) is 5. The zero-order chi connectivity index (χ0) is 11.7. The van der Waals surface area contributed by atoms with Crippen molar-refractivity contribution in [2.24, 2.45) is 0 Å². The summed E-state index contributed by atoms with van der Waals surface area (Å²) < 4.78 is 0. The highest BCUT2D eigenvalue weighted by Crippen LogP contribution is 2.30. The third-order valence-corrected chi connectivity index (χ3v) is 3.52. The van der Waals surface area contributed by atoms with E-state index < -0.39 is 0 Å². The molecule has 1 heterocycles. The van der Waals surface area contributed by atoms with Crippen molar-refractivity contribution in [2.75, 3.05) is 24.7 Å². The van der Waals surface area contributed by atoms with Crippen LogP contribution in [0.15, 0.2) is 18.2 Å². The van der Waals surface area contributed by atoms with Gasteiger partial charge in [0.05, 0.1) is 10.7 Å². The molecule has 2 aromatic rings. The summed E-state index contributed by atoms with van der Waals surface area (Å²) in [6.07, 6.45) is 0. The van der Waals surface area contributed by atoms with E-state index >= 15 is 0 Å². The van der Waals surface area contributed by atoms with Crippen molar-refractivity contribution in [3.8, 4) is 10.6 Å². The molecule has 4 nitrogen and oxygen atoms in total. The van der Waals surface area contributed by atoms with Gasteiger partial charge in [0.2, 0.25) is 5.13 Å². The number of halogens is 1. The van der Waals surface area contributed by atoms with Crippen LogP contribution in [0.5, 0.6) is 0 Å². The molecule has 6 heteroatoms. The van der Waals surface area contributed by atoms with Crippen LogP contribution in [-0.4, -0.2) is 24.3 Å². The van der Waals surface area contributed by atoms with Crippen molar-refractivity contribution in [1.29, 1.82) is 0 Å². The average molecular weight is 255 g/mol. The van der Waals surface area contributed by atoms with Gasteiger partial charge in [-0.2, -0.15) is 0 Å². The molecule has 0 unspecified atom stereocenters. The van der Waals surface area contributed by atoms with E-state index in [1.165, 1.54) is 11.3 Å². The van der Waals surface area contributed by atoms with Gasteiger partial charge in [-0.05, 0) is 12.1 Å². The van der Waals surface area contributed by atoms with Crippen LogP contribution in [-0.2, 0) is 0 Å². The SMILES string of the molecule is CN(C)c1nnc(-c2ccc(Cl)c(N)c2)s1. The van der Waals surface area contributed by atoms with Crippen molar-refractivity contribution >= 4 is 33.8 Å². The molecule has 0 amide bonds. The van der Waals surface area contributed by atoms with Crippen molar-refractivity contribution in [1.82, 2.24) is 10.2 Å². The normalized spacial score (nSPS) is 10.4. The molecule has 0 aliphatic carbocycles. The topological polar surface area (TPSA) is 55.0 Å². The molecule has 0 aliphatic heterocycles. The minimum atomic E-state index is 0.556. The van der Waals surface area contributed by atoms with Gasteiger partial charge in [0.1, 0.15) is 5.01 Å². The first-order valence-electron chi connectivity index (χ1n) is 4.64. The predicted molar refractivity (Wildman–Crippen MR) is 69.1 cm³/mol. The van der Waals surface area contributed by atoms with Crippen LogP contribution in [0.2, 0.25) is 5.02 Å². The molecular weight excluding hydrogens is 244 g/mol. The van der Waals surface area contributed by atoms with Crippen LogP contribution in [0, 0.1) is 0 Å². The molecule has 2 rings (SSSR count). The van der Waals surface area contributed by atoms with E-state index in [1.807, 2.05) is 31.1 Å². The molecule has 1 aromatic carbocycles. The number of rotatable bonds is 2. The summed E-state index contributed by atoms with van der Waals surface area (Å²) in [6.45, 7) is 0. The van der Waals surface area contributed by atoms with Gasteiger partial charge in [-0.25, -0.2) is 0 Å². The molecule has 0 saturated carbocycles. The summed E-state index contributed by atoms with van der Waals surface area (Å²) in [5.74, 6) is 0. The third kappa shape index (κ3) is 2.10. The molecule has 0 atom stereocenters. The fraction of sp³-hybridized carbons (Fsp3) is 0.200. The molecule has 0 spiro atoms. The summed E-state index contributed by atoms with van der Waals surface area (Å²) in [6, 6.07) is 5.46. The molecule has 0 bridgehead atoms. The Morgan fingerprint density at radius 2 is 2.06 bits per heavy atom. The maximum Gasteiger partial charge on any atom is 0.208 e. The zero-order valence-corrected chi connectivity index (χ0v) is 10.5. The van der Waals surface area contributed by atoms with Crippen LogP contribution in [0.4, 0.5) is 10.8 Å². The standard InChI is InChI=1S/C10H11ClN4S/c1-15(2)10-14-13-9(16-10)6-3-4-7(11)8(12)5-6/h3-5H,12H2,1-2H3. The van der Waals surface area contributed by atoms with E-state index in [9.17, 15) is 0 Å². The van der Waals surface area contributed by atoms with Crippen molar-refractivity contribution < 1.29 is 0 Å². The molecule has 16 heavy (non-hydrogen) atoms. The Bertz CT molecular complexity index is 509. The van der Waals surface area contributed by atoms with Crippen molar-refractivity contribution in [2.45, 2.75) is 0 Å². The second-order valence-electron chi connectivity index (χ2n) is 3.52. The van der Waals surface area contributed by atoms with Gasteiger partial charge in [0.25, 0.3) is 0 Å². The van der Waals surface area contributed by atoms with Crippen molar-refractivity contribution in [3.63, 3.8) is 0 Å². The molecule has 0 fully saturated rings. The number of nitrogens with two attached hydrogens (primary N) is 1. The lowest BCUT2D eigenvalue weighted by Crippen LogP contribution is -2.07. The lowest BCUT2D eigenvalue weighted by Gasteiger charge is -2.04. The Balaban J connectivity index is 2.39. The Kier molecular flexibility index (Phi) is 2.98. The number of hydrogen-bond donors (Lipinski definition) is 1. The monoisotopic (exact) mass is 254 g/mol. The summed E-state index contributed by atoms with van der Waals surface area (Å²) in [5.41, 5.74) is 7.23. The van der Waals surface area contributed by atoms with Crippen LogP contribution in [0.3, 0.4) is 0 Å². The summed E-state index contributed by atoms with van der Waals surface area (Å²) in [4.78, 5) is 1.92. The highest BCUT2D eigenvalue weighted by Gasteiger charge is 2.08. The van der Waals surface area contributed by atoms with Crippen LogP contribution < -0.4 is 10.6 Å². The molecule has 1 aromatic heterocycles. The van der Waals surface area contributed by atoms with Gasteiger partial charge in [0.15, 0.2) is 0 Å². The van der Waals surface area contributed by atoms with Crippen LogP contribution >= 0.6 is 22.9 Å². The Hall–Kier alpha value is -1.33. The highest BCUT2D eigenvalue weighted by molar-refractivity contribution is 7.18. The molecule has 84 valence electrons. The lowest BCUT2D eigenvalue weighted by atomic mass is 10.2. The largest absolute Gasteiger partial charge is 0.398 e. The van der Waals surface area contributed by atoms with Crippen molar-refractivity contribution in [3.05, 3.63) is 23.2 Å². The van der Waals surface area contributed by atoms with E-state index in [1.54, 1.807) is 6.07 Å². The van der Waals surface area contributed by atoms with E-state index in [-0.39, 0.29) is 0 Å². The van der Waals surface area contributed by atoms with Gasteiger partial charge < -0.3 is 10.6 Å². The average Bonchev–Trinajstić information content (AvgIpc) is 2.71. The number of nitrogen functional groups attached to an aromatic ring is 1. The zero-order valence-electron chi connectivity index (χ0n) is 8.94. The van der Waals surface area contributed by atoms with E-state index in [0.29, 0.717) is 10.7 Å². The van der Waals surface area contributed by atoms with Gasteiger partial charge in [0, 0.05) is 19.7 Å². The minimum Gasteiger partial charge on any atom is -0.398 e. The fourth-order valence-electron chi connectivity index (χ4n) is 1.19. The Morgan fingerprint density at radius 3 is 2.62 bits per heavy atom. The number of anilines is 2. The second-order valence-corrected chi connectivity index (χ2v) is 4.88. The van der Waals surface area contributed by atoms with Gasteiger partial charge in [-0.15, -0.1) is 10.2 Å². The smallest absolute Gasteiger partial charge is 0.208 e. The van der Waals surface area contributed by atoms with Crippen LogP contribution in [0.1, 0.15) is 0 Å². The Labute approximate surface area is 103 Å². The third-order valence-electron chi connectivity index (χ3n) is 2.04. The second kappa shape index (κ2) is 4.27. The van der Waals surface area contributed by atoms with Gasteiger partial charge >= 0.3 is 0 Å². The lowest BCUT2D eigenvalue weighted by molar-refractivity contribution is 1.02. The maximum atomic E-state index is 5.86. The summed E-state index contributed by atoms with van der Waals surface area (Å²) in [5, 5.41) is 10.4. The minimum absolute atomic E-state index is 0.556. The first-order chi connectivity index (χ1) is 7.58. The first kappa shape index (κ1) is 11.2. The fourth-order valence-corrected chi connectivity index (χ4v) is 2.07. The number of nitrogens with zero attached hydrogens (tertiary/aromatic N) is 3. The van der Waals surface area contributed by atoms with Gasteiger partial charge in [-0.3, -0.25) is 0 Å². The molecule has 0 saturated heterocycles. The first-order valence-corrected chi connectivity index (χ1v) is 5.83. The molecular formula is C10H11ClN4S. The highest BCUT2D eigenvalue weighted by atomic mass is 35.5. The van der Waals surface area contributed by atoms with Crippen LogP contribution in [0.25, 0.3) is 10.6 Å². The number of benzene rings is 1. The summed E-state index contributed by atoms with van der Waals surface area (Å²) >= 11 is 7.37. The summed E-state index contributed by atoms with van der Waals surface area (Å²) in [7, 11) is 3.86. The van der Waals surface area contributed by atoms with E-state index in [4.69, 9.17) is 17.3 Å². The Morgan fingerprint density at radius 1 is 1.31 bits per heavy atom. The quantitative estimate of drug-likeness (QED) is 0.837. The predicted octanol–water partition coefficient (Wildman–Crippen LogP) is 2.51.